The summed E-state index contributed by atoms with van der Waals surface area (Å²) in [6.07, 6.45) is 5.53. The number of amides is 2. The van der Waals surface area contributed by atoms with Crippen LogP contribution < -0.4 is 16.0 Å². The van der Waals surface area contributed by atoms with Crippen LogP contribution in [0.4, 0.5) is 22.0 Å². The van der Waals surface area contributed by atoms with E-state index >= 15 is 0 Å². The predicted molar refractivity (Wildman–Crippen MR) is 141 cm³/mol. The Labute approximate surface area is 211 Å². The molecule has 2 amide bonds. The Morgan fingerprint density at radius 2 is 1.60 bits per heavy atom. The summed E-state index contributed by atoms with van der Waals surface area (Å²) in [5.74, 6) is 0.664. The third-order valence-corrected chi connectivity index (χ3v) is 5.75. The van der Waals surface area contributed by atoms with Crippen molar-refractivity contribution in [1.82, 2.24) is 14.4 Å². The summed E-state index contributed by atoms with van der Waals surface area (Å²) in [5, 5.41) is 10.3. The fourth-order valence-corrected chi connectivity index (χ4v) is 3.91. The summed E-state index contributed by atoms with van der Waals surface area (Å²) in [6, 6.07) is 21.7. The highest BCUT2D eigenvalue weighted by molar-refractivity contribution is 6.30. The Morgan fingerprint density at radius 1 is 0.886 bits per heavy atom. The number of halogens is 2. The van der Waals surface area contributed by atoms with Gasteiger partial charge in [0.15, 0.2) is 11.5 Å². The van der Waals surface area contributed by atoms with Crippen LogP contribution in [-0.4, -0.2) is 20.4 Å². The van der Waals surface area contributed by atoms with Gasteiger partial charge in [0.2, 0.25) is 0 Å². The molecule has 0 spiro atoms. The van der Waals surface area contributed by atoms with Gasteiger partial charge in [-0.2, -0.15) is 0 Å². The van der Waals surface area contributed by atoms with E-state index in [1.54, 1.807) is 30.5 Å². The lowest BCUT2D eigenvalue weighted by Gasteiger charge is -2.11. The number of hydrogen-bond acceptors (Lipinski definition) is 4. The van der Waals surface area contributed by atoms with E-state index in [4.69, 9.17) is 28.2 Å². The van der Waals surface area contributed by atoms with E-state index < -0.39 is 0 Å². The molecule has 5 aromatic rings. The molecule has 2 aromatic heterocycles. The van der Waals surface area contributed by atoms with Crippen LogP contribution in [0.2, 0.25) is 10.0 Å². The molecule has 3 N–H and O–H groups in total. The van der Waals surface area contributed by atoms with E-state index in [0.717, 1.165) is 22.5 Å². The maximum atomic E-state index is 12.3. The van der Waals surface area contributed by atoms with Crippen molar-refractivity contribution in [3.63, 3.8) is 0 Å². The van der Waals surface area contributed by atoms with Gasteiger partial charge in [-0.25, -0.2) is 14.8 Å². The normalized spacial score (nSPS) is 10.8. The number of fused-ring (bicyclic) bond motifs is 1. The van der Waals surface area contributed by atoms with E-state index in [1.165, 1.54) is 0 Å². The zero-order valence-corrected chi connectivity index (χ0v) is 19.9. The Hall–Kier alpha value is -4.07. The molecule has 7 nitrogen and oxygen atoms in total. The second kappa shape index (κ2) is 10.0. The van der Waals surface area contributed by atoms with Gasteiger partial charge in [-0.1, -0.05) is 47.5 Å². The molecular weight excluding hydrogens is 483 g/mol. The third kappa shape index (κ3) is 5.54. The molecule has 0 saturated heterocycles. The molecule has 3 aromatic carbocycles. The lowest BCUT2D eigenvalue weighted by molar-refractivity contribution is 0.262. The first kappa shape index (κ1) is 22.7. The SMILES string of the molecule is O=C(Nc1ccc(Cl)cc1)Nc1ccc(-c2cn3ccnc3c(NCc3cccc(Cl)c3)n2)cc1. The number of hydrogen-bond donors (Lipinski definition) is 3. The van der Waals surface area contributed by atoms with E-state index in [-0.39, 0.29) is 6.03 Å². The van der Waals surface area contributed by atoms with Crippen LogP contribution in [0.25, 0.3) is 16.9 Å². The monoisotopic (exact) mass is 502 g/mol. The molecule has 0 aliphatic rings. The third-order valence-electron chi connectivity index (χ3n) is 5.26. The number of imidazole rings is 1. The summed E-state index contributed by atoms with van der Waals surface area (Å²) < 4.78 is 1.92. The highest BCUT2D eigenvalue weighted by Gasteiger charge is 2.10. The molecule has 0 radical (unpaired) electrons. The van der Waals surface area contributed by atoms with Crippen molar-refractivity contribution < 1.29 is 4.79 Å². The molecule has 2 heterocycles. The number of urea groups is 1. The van der Waals surface area contributed by atoms with E-state index in [1.807, 2.05) is 65.3 Å². The summed E-state index contributed by atoms with van der Waals surface area (Å²) in [6.45, 7) is 0.561. The minimum Gasteiger partial charge on any atom is -0.363 e. The van der Waals surface area contributed by atoms with Gasteiger partial charge < -0.3 is 20.4 Å². The van der Waals surface area contributed by atoms with Gasteiger partial charge in [0, 0.05) is 52.1 Å². The predicted octanol–water partition coefficient (Wildman–Crippen LogP) is 6.96. The van der Waals surface area contributed by atoms with Crippen molar-refractivity contribution in [3.8, 4) is 11.3 Å². The van der Waals surface area contributed by atoms with Crippen molar-refractivity contribution in [3.05, 3.63) is 107 Å². The first-order valence-electron chi connectivity index (χ1n) is 10.8. The summed E-state index contributed by atoms with van der Waals surface area (Å²) in [7, 11) is 0. The van der Waals surface area contributed by atoms with Crippen LogP contribution in [0.1, 0.15) is 5.56 Å². The lowest BCUT2D eigenvalue weighted by Crippen LogP contribution is -2.19. The molecule has 0 saturated carbocycles. The number of nitrogens with zero attached hydrogens (tertiary/aromatic N) is 3. The second-order valence-electron chi connectivity index (χ2n) is 7.78. The Morgan fingerprint density at radius 3 is 2.31 bits per heavy atom. The summed E-state index contributed by atoms with van der Waals surface area (Å²) in [5.41, 5.74) is 4.74. The number of carbonyl (C=O) groups is 1. The number of anilines is 3. The Kier molecular flexibility index (Phi) is 6.52. The van der Waals surface area contributed by atoms with Crippen LogP contribution >= 0.6 is 23.2 Å². The number of aromatic nitrogens is 3. The van der Waals surface area contributed by atoms with Gasteiger partial charge in [-0.05, 0) is 54.1 Å². The maximum absolute atomic E-state index is 12.3. The van der Waals surface area contributed by atoms with Crippen molar-refractivity contribution >= 4 is 52.1 Å². The van der Waals surface area contributed by atoms with E-state index in [9.17, 15) is 4.79 Å². The zero-order chi connectivity index (χ0) is 24.2. The molecular formula is C26H20Cl2N6O. The molecule has 174 valence electrons. The molecule has 0 fully saturated rings. The van der Waals surface area contributed by atoms with Gasteiger partial charge >= 0.3 is 6.03 Å². The smallest absolute Gasteiger partial charge is 0.323 e. The topological polar surface area (TPSA) is 83.4 Å². The van der Waals surface area contributed by atoms with E-state index in [2.05, 4.69) is 20.9 Å². The average molecular weight is 503 g/mol. The zero-order valence-electron chi connectivity index (χ0n) is 18.4. The van der Waals surface area contributed by atoms with Crippen molar-refractivity contribution in [1.29, 1.82) is 0 Å². The summed E-state index contributed by atoms with van der Waals surface area (Å²) in [4.78, 5) is 21.5. The number of nitrogens with one attached hydrogen (secondary N) is 3. The van der Waals surface area contributed by atoms with Crippen LogP contribution in [0.15, 0.2) is 91.4 Å². The second-order valence-corrected chi connectivity index (χ2v) is 8.65. The minimum atomic E-state index is -0.342. The maximum Gasteiger partial charge on any atom is 0.323 e. The lowest BCUT2D eigenvalue weighted by atomic mass is 10.1. The molecule has 35 heavy (non-hydrogen) atoms. The molecule has 9 heteroatoms. The molecule has 0 bridgehead atoms. The number of carbonyl (C=O) groups excluding carboxylic acids is 1. The molecule has 0 aliphatic heterocycles. The first-order chi connectivity index (χ1) is 17.0. The largest absolute Gasteiger partial charge is 0.363 e. The standard InChI is InChI=1S/C26H20Cl2N6O/c27-19-6-10-22(11-7-19)32-26(35)31-21-8-4-18(5-9-21)23-16-34-13-12-29-25(34)24(33-23)30-15-17-2-1-3-20(28)14-17/h1-14,16H,15H2,(H,30,33)(H2,31,32,35). The molecule has 0 unspecified atom stereocenters. The van der Waals surface area contributed by atoms with E-state index in [0.29, 0.717) is 33.8 Å². The van der Waals surface area contributed by atoms with Crippen LogP contribution in [0.5, 0.6) is 0 Å². The fourth-order valence-electron chi connectivity index (χ4n) is 3.57. The van der Waals surface area contributed by atoms with Gasteiger partial charge in [0.25, 0.3) is 0 Å². The minimum absolute atomic E-state index is 0.342. The Bertz CT molecular complexity index is 1480. The molecule has 5 rings (SSSR count). The molecule has 0 atom stereocenters. The van der Waals surface area contributed by atoms with Gasteiger partial charge in [-0.15, -0.1) is 0 Å². The number of benzene rings is 3. The van der Waals surface area contributed by atoms with Gasteiger partial charge in [0.1, 0.15) is 0 Å². The van der Waals surface area contributed by atoms with Crippen molar-refractivity contribution in [2.45, 2.75) is 6.54 Å². The average Bonchev–Trinajstić information content (AvgIpc) is 3.33. The highest BCUT2D eigenvalue weighted by atomic mass is 35.5. The molecule has 0 aliphatic carbocycles. The van der Waals surface area contributed by atoms with Crippen LogP contribution in [0, 0.1) is 0 Å². The van der Waals surface area contributed by atoms with Gasteiger partial charge in [-0.3, -0.25) is 0 Å². The van der Waals surface area contributed by atoms with Gasteiger partial charge in [0.05, 0.1) is 5.69 Å². The quantitative estimate of drug-likeness (QED) is 0.234. The summed E-state index contributed by atoms with van der Waals surface area (Å²) >= 11 is 12.0. The highest BCUT2D eigenvalue weighted by Crippen LogP contribution is 2.24. The fraction of sp³-hybridized carbons (Fsp3) is 0.0385. The Balaban J connectivity index is 1.31. The van der Waals surface area contributed by atoms with Crippen molar-refractivity contribution in [2.24, 2.45) is 0 Å². The first-order valence-corrected chi connectivity index (χ1v) is 11.6. The van der Waals surface area contributed by atoms with Crippen LogP contribution in [-0.2, 0) is 6.54 Å². The van der Waals surface area contributed by atoms with Crippen molar-refractivity contribution in [2.75, 3.05) is 16.0 Å². The number of rotatable bonds is 6. The van der Waals surface area contributed by atoms with Crippen LogP contribution in [0.3, 0.4) is 0 Å².